The van der Waals surface area contributed by atoms with Crippen LogP contribution in [-0.2, 0) is 14.8 Å². The van der Waals surface area contributed by atoms with Crippen LogP contribution in [0.5, 0.6) is 5.75 Å². The lowest BCUT2D eigenvalue weighted by atomic mass is 9.90. The summed E-state index contributed by atoms with van der Waals surface area (Å²) in [5.74, 6) is 1.08. The average molecular weight is 679 g/mol. The third-order valence-corrected chi connectivity index (χ3v) is 12.4. The third-order valence-electron chi connectivity index (χ3n) is 10.3. The molecule has 1 aliphatic carbocycles. The highest BCUT2D eigenvalue weighted by molar-refractivity contribution is 7.89. The molecule has 0 radical (unpaired) electrons. The van der Waals surface area contributed by atoms with Gasteiger partial charge in [-0.25, -0.2) is 8.42 Å². The van der Waals surface area contributed by atoms with Crippen molar-refractivity contribution in [2.45, 2.75) is 74.9 Å². The second-order valence-corrected chi connectivity index (χ2v) is 15.7. The predicted octanol–water partition coefficient (Wildman–Crippen LogP) is 6.35. The van der Waals surface area contributed by atoms with Crippen LogP contribution in [0.2, 0.25) is 5.02 Å². The molecule has 1 saturated carbocycles. The van der Waals surface area contributed by atoms with Gasteiger partial charge in [-0.15, -0.1) is 0 Å². The quantitative estimate of drug-likeness (QED) is 0.283. The standard InChI is InChI=1S/C37H47ClN4O4S/c1-27(29-7-9-30(10-8-29)31-11-13-32(38)14-12-31)41-23-24-42(36(25-41)37(43)40-21-19-33(39)20-22-40)47(44,45)35-17-15-34(16-18-35)46-26-28-5-3-2-4-6-28/h7-18,27-28,33,36H,2-6,19-26,39H2,1H3/t27-,36-/m0/s1. The van der Waals surface area contributed by atoms with Gasteiger partial charge in [-0.2, -0.15) is 4.31 Å². The van der Waals surface area contributed by atoms with Gasteiger partial charge in [0.25, 0.3) is 0 Å². The summed E-state index contributed by atoms with van der Waals surface area (Å²) in [7, 11) is -3.94. The maximum absolute atomic E-state index is 14.2. The molecule has 0 spiro atoms. The molecule has 47 heavy (non-hydrogen) atoms. The van der Waals surface area contributed by atoms with E-state index >= 15 is 0 Å². The molecule has 0 aromatic heterocycles. The number of hydrogen-bond acceptors (Lipinski definition) is 6. The molecule has 8 nitrogen and oxygen atoms in total. The molecule has 2 aliphatic heterocycles. The smallest absolute Gasteiger partial charge is 0.243 e. The van der Waals surface area contributed by atoms with Gasteiger partial charge in [0, 0.05) is 49.8 Å². The first kappa shape index (κ1) is 33.9. The SMILES string of the molecule is C[C@@H](c1ccc(-c2ccc(Cl)cc2)cc1)N1CCN(S(=O)(=O)c2ccc(OCC3CCCCC3)cc2)[C@H](C(=O)N2CCC(N)CC2)C1. The van der Waals surface area contributed by atoms with Gasteiger partial charge in [-0.3, -0.25) is 9.69 Å². The Kier molecular flexibility index (Phi) is 10.9. The van der Waals surface area contributed by atoms with E-state index in [1.807, 2.05) is 24.3 Å². The van der Waals surface area contributed by atoms with E-state index in [0.29, 0.717) is 62.3 Å². The van der Waals surface area contributed by atoms with E-state index in [1.165, 1.54) is 36.4 Å². The molecular weight excluding hydrogens is 632 g/mol. The van der Waals surface area contributed by atoms with Crippen LogP contribution in [0.4, 0.5) is 0 Å². The molecule has 0 unspecified atom stereocenters. The fourth-order valence-electron chi connectivity index (χ4n) is 7.18. The number of amides is 1. The number of nitrogens with two attached hydrogens (primary N) is 1. The summed E-state index contributed by atoms with van der Waals surface area (Å²) in [6.07, 6.45) is 7.59. The Morgan fingerprint density at radius 3 is 2.11 bits per heavy atom. The summed E-state index contributed by atoms with van der Waals surface area (Å²) in [5, 5.41) is 0.701. The number of hydrogen-bond donors (Lipinski definition) is 1. The Labute approximate surface area is 284 Å². The lowest BCUT2D eigenvalue weighted by molar-refractivity contribution is -0.138. The van der Waals surface area contributed by atoms with Crippen LogP contribution < -0.4 is 10.5 Å². The van der Waals surface area contributed by atoms with Crippen LogP contribution in [0.1, 0.15) is 63.5 Å². The Morgan fingerprint density at radius 1 is 0.851 bits per heavy atom. The molecule has 2 atom stereocenters. The molecular formula is C37H47ClN4O4S. The van der Waals surface area contributed by atoms with Crippen LogP contribution in [0.3, 0.4) is 0 Å². The van der Waals surface area contributed by atoms with Crippen LogP contribution in [0.15, 0.2) is 77.7 Å². The van der Waals surface area contributed by atoms with E-state index < -0.39 is 16.1 Å². The van der Waals surface area contributed by atoms with Gasteiger partial charge >= 0.3 is 0 Å². The van der Waals surface area contributed by atoms with E-state index in [4.69, 9.17) is 22.1 Å². The normalized spacial score (nSPS) is 21.4. The summed E-state index contributed by atoms with van der Waals surface area (Å²) in [4.78, 5) is 18.3. The Bertz CT molecular complexity index is 1590. The van der Waals surface area contributed by atoms with Gasteiger partial charge in [0.2, 0.25) is 15.9 Å². The molecule has 0 bridgehead atoms. The van der Waals surface area contributed by atoms with Crippen molar-refractivity contribution in [2.75, 3.05) is 39.3 Å². The molecule has 2 N–H and O–H groups in total. The van der Waals surface area contributed by atoms with E-state index in [9.17, 15) is 13.2 Å². The molecule has 10 heteroatoms. The number of likely N-dealkylation sites (tertiary alicyclic amines) is 1. The minimum absolute atomic E-state index is 0.00945. The van der Waals surface area contributed by atoms with E-state index in [-0.39, 0.29) is 29.4 Å². The zero-order valence-electron chi connectivity index (χ0n) is 27.3. The van der Waals surface area contributed by atoms with E-state index in [1.54, 1.807) is 29.2 Å². The number of sulfonamides is 1. The van der Waals surface area contributed by atoms with Crippen molar-refractivity contribution >= 4 is 27.5 Å². The van der Waals surface area contributed by atoms with Crippen LogP contribution in [-0.4, -0.2) is 79.8 Å². The molecule has 3 fully saturated rings. The minimum Gasteiger partial charge on any atom is -0.493 e. The number of piperazine rings is 1. The van der Waals surface area contributed by atoms with Gasteiger partial charge < -0.3 is 15.4 Å². The molecule has 2 saturated heterocycles. The van der Waals surface area contributed by atoms with E-state index in [0.717, 1.165) is 16.7 Å². The van der Waals surface area contributed by atoms with Crippen molar-refractivity contribution in [3.05, 3.63) is 83.4 Å². The van der Waals surface area contributed by atoms with E-state index in [2.05, 4.69) is 36.1 Å². The van der Waals surface area contributed by atoms with Crippen LogP contribution >= 0.6 is 11.6 Å². The summed E-state index contributed by atoms with van der Waals surface area (Å²) >= 11 is 6.07. The molecule has 2 heterocycles. The maximum atomic E-state index is 14.2. The van der Waals surface area contributed by atoms with Crippen LogP contribution in [0, 0.1) is 5.92 Å². The first-order valence-electron chi connectivity index (χ1n) is 17.1. The Morgan fingerprint density at radius 2 is 1.47 bits per heavy atom. The molecule has 3 aromatic rings. The maximum Gasteiger partial charge on any atom is 0.243 e. The second-order valence-electron chi connectivity index (χ2n) is 13.4. The van der Waals surface area contributed by atoms with Crippen molar-refractivity contribution in [3.8, 4) is 16.9 Å². The van der Waals surface area contributed by atoms with Crippen molar-refractivity contribution in [1.82, 2.24) is 14.1 Å². The van der Waals surface area contributed by atoms with Gasteiger partial charge in [0.1, 0.15) is 11.8 Å². The summed E-state index contributed by atoms with van der Waals surface area (Å²) in [6, 6.07) is 22.1. The Balaban J connectivity index is 1.18. The zero-order valence-corrected chi connectivity index (χ0v) is 28.8. The highest BCUT2D eigenvalue weighted by Gasteiger charge is 2.43. The van der Waals surface area contributed by atoms with Gasteiger partial charge in [0.15, 0.2) is 0 Å². The lowest BCUT2D eigenvalue weighted by Crippen LogP contribution is -2.62. The number of piperidine rings is 1. The number of rotatable bonds is 9. The number of carbonyl (C=O) groups excluding carboxylic acids is 1. The number of nitrogens with zero attached hydrogens (tertiary/aromatic N) is 3. The third kappa shape index (κ3) is 8.03. The molecule has 3 aromatic carbocycles. The fourth-order valence-corrected chi connectivity index (χ4v) is 8.87. The van der Waals surface area contributed by atoms with Crippen molar-refractivity contribution < 1.29 is 17.9 Å². The number of benzene rings is 3. The summed E-state index contributed by atoms with van der Waals surface area (Å²) in [6.45, 7) is 4.90. The number of carbonyl (C=O) groups is 1. The molecule has 1 amide bonds. The number of halogens is 1. The van der Waals surface area contributed by atoms with Gasteiger partial charge in [0.05, 0.1) is 11.5 Å². The minimum atomic E-state index is -3.94. The molecule has 3 aliphatic rings. The zero-order chi connectivity index (χ0) is 33.0. The summed E-state index contributed by atoms with van der Waals surface area (Å²) in [5.41, 5.74) is 9.42. The topological polar surface area (TPSA) is 96.2 Å². The van der Waals surface area contributed by atoms with Gasteiger partial charge in [-0.1, -0.05) is 67.3 Å². The highest BCUT2D eigenvalue weighted by Crippen LogP contribution is 2.31. The monoisotopic (exact) mass is 678 g/mol. The lowest BCUT2D eigenvalue weighted by Gasteiger charge is -2.44. The average Bonchev–Trinajstić information content (AvgIpc) is 3.11. The van der Waals surface area contributed by atoms with Crippen molar-refractivity contribution in [2.24, 2.45) is 11.7 Å². The first-order valence-corrected chi connectivity index (χ1v) is 18.9. The molecule has 252 valence electrons. The molecule has 6 rings (SSSR count). The van der Waals surface area contributed by atoms with Crippen molar-refractivity contribution in [1.29, 1.82) is 0 Å². The predicted molar refractivity (Wildman–Crippen MR) is 187 cm³/mol. The van der Waals surface area contributed by atoms with Crippen molar-refractivity contribution in [3.63, 3.8) is 0 Å². The highest BCUT2D eigenvalue weighted by atomic mass is 35.5. The number of ether oxygens (including phenoxy) is 1. The fraction of sp³-hybridized carbons (Fsp3) is 0.486. The first-order chi connectivity index (χ1) is 22.7. The second kappa shape index (κ2) is 15.1. The largest absolute Gasteiger partial charge is 0.493 e. The Hall–Kier alpha value is -2.95. The summed E-state index contributed by atoms with van der Waals surface area (Å²) < 4.78 is 35.8. The van der Waals surface area contributed by atoms with Gasteiger partial charge in [-0.05, 0) is 91.6 Å². The van der Waals surface area contributed by atoms with Crippen LogP contribution in [0.25, 0.3) is 11.1 Å².